The van der Waals surface area contributed by atoms with E-state index in [1.54, 1.807) is 19.2 Å². The monoisotopic (exact) mass is 434 g/mol. The van der Waals surface area contributed by atoms with E-state index in [-0.39, 0.29) is 23.6 Å². The number of anilines is 1. The van der Waals surface area contributed by atoms with E-state index in [1.165, 1.54) is 28.5 Å². The van der Waals surface area contributed by atoms with Crippen LogP contribution in [0.25, 0.3) is 0 Å². The third-order valence-corrected chi connectivity index (χ3v) is 6.61. The first-order valence-corrected chi connectivity index (χ1v) is 11.0. The average molecular weight is 435 g/mol. The molecule has 0 unspecified atom stereocenters. The summed E-state index contributed by atoms with van der Waals surface area (Å²) < 4.78 is 0.690. The van der Waals surface area contributed by atoms with E-state index in [2.05, 4.69) is 15.6 Å². The summed E-state index contributed by atoms with van der Waals surface area (Å²) in [5.41, 5.74) is 1.47. The number of carboxylic acids is 1. The molecule has 2 aromatic rings. The van der Waals surface area contributed by atoms with Gasteiger partial charge in [0.15, 0.2) is 10.0 Å². The smallest absolute Gasteiger partial charge is 0.355 e. The Hall–Kier alpha value is -2.59. The number of hydrogen-bond donors (Lipinski definition) is 3. The van der Waals surface area contributed by atoms with Crippen LogP contribution in [0.1, 0.15) is 33.7 Å². The molecule has 2 amide bonds. The average Bonchev–Trinajstić information content (AvgIpc) is 3.33. The highest BCUT2D eigenvalue weighted by atomic mass is 32.2. The first-order valence-electron chi connectivity index (χ1n) is 9.15. The fourth-order valence-electron chi connectivity index (χ4n) is 3.12. The highest BCUT2D eigenvalue weighted by molar-refractivity contribution is 8.01. The number of likely N-dealkylation sites (tertiary alicyclic amines) is 1. The van der Waals surface area contributed by atoms with E-state index >= 15 is 0 Å². The molecule has 2 heterocycles. The van der Waals surface area contributed by atoms with Gasteiger partial charge in [0.05, 0.1) is 0 Å². The van der Waals surface area contributed by atoms with Crippen LogP contribution in [0.15, 0.2) is 34.0 Å². The lowest BCUT2D eigenvalue weighted by molar-refractivity contribution is -0.128. The summed E-state index contributed by atoms with van der Waals surface area (Å²) in [5.74, 6) is -0.394. The summed E-state index contributed by atoms with van der Waals surface area (Å²) in [5, 5.41) is 16.4. The van der Waals surface area contributed by atoms with Crippen molar-refractivity contribution in [3.05, 3.63) is 40.9 Å². The van der Waals surface area contributed by atoms with Crippen molar-refractivity contribution in [3.8, 4) is 0 Å². The maximum absolute atomic E-state index is 12.3. The minimum atomic E-state index is -1.03. The van der Waals surface area contributed by atoms with Gasteiger partial charge in [-0.25, -0.2) is 9.78 Å². The number of hydrogen-bond acceptors (Lipinski definition) is 7. The third kappa shape index (κ3) is 5.48. The first-order chi connectivity index (χ1) is 14.0. The van der Waals surface area contributed by atoms with Gasteiger partial charge >= 0.3 is 5.97 Å². The van der Waals surface area contributed by atoms with Gasteiger partial charge in [-0.15, -0.1) is 11.3 Å². The number of carboxylic acid groups (broad SMARTS) is 1. The molecule has 0 bridgehead atoms. The van der Waals surface area contributed by atoms with Crippen LogP contribution in [0, 0.1) is 0 Å². The number of rotatable bonds is 9. The molecular formula is C19H22N4O4S2. The second-order valence-electron chi connectivity index (χ2n) is 6.47. The quantitative estimate of drug-likeness (QED) is 0.520. The van der Waals surface area contributed by atoms with Crippen molar-refractivity contribution in [1.29, 1.82) is 0 Å². The van der Waals surface area contributed by atoms with E-state index in [9.17, 15) is 14.4 Å². The number of carbonyl (C=O) groups excluding carboxylic acids is 2. The molecule has 0 aliphatic carbocycles. The number of aromatic carboxylic acids is 1. The molecule has 10 heteroatoms. The zero-order valence-corrected chi connectivity index (χ0v) is 17.5. The number of carbonyl (C=O) groups is 3. The van der Waals surface area contributed by atoms with Crippen LogP contribution >= 0.6 is 23.1 Å². The van der Waals surface area contributed by atoms with Crippen molar-refractivity contribution < 1.29 is 19.5 Å². The van der Waals surface area contributed by atoms with Crippen LogP contribution in [-0.2, 0) is 4.79 Å². The molecule has 0 saturated carbocycles. The molecule has 1 aliphatic rings. The topological polar surface area (TPSA) is 112 Å². The Morgan fingerprint density at radius 3 is 2.97 bits per heavy atom. The van der Waals surface area contributed by atoms with E-state index in [0.717, 1.165) is 12.1 Å². The largest absolute Gasteiger partial charge is 0.476 e. The lowest BCUT2D eigenvalue weighted by Gasteiger charge is -2.25. The number of nitrogens with one attached hydrogen (secondary N) is 2. The number of thiazole rings is 1. The summed E-state index contributed by atoms with van der Waals surface area (Å²) in [4.78, 5) is 40.8. The van der Waals surface area contributed by atoms with Crippen LogP contribution in [0.2, 0.25) is 0 Å². The van der Waals surface area contributed by atoms with Crippen LogP contribution in [0.4, 0.5) is 5.69 Å². The summed E-state index contributed by atoms with van der Waals surface area (Å²) in [6, 6.07) is 7.34. The Kier molecular flexibility index (Phi) is 7.10. The number of amides is 2. The van der Waals surface area contributed by atoms with Crippen molar-refractivity contribution in [3.63, 3.8) is 0 Å². The maximum Gasteiger partial charge on any atom is 0.355 e. The predicted molar refractivity (Wildman–Crippen MR) is 113 cm³/mol. The highest BCUT2D eigenvalue weighted by Crippen LogP contribution is 2.25. The maximum atomic E-state index is 12.3. The zero-order valence-electron chi connectivity index (χ0n) is 15.9. The number of aromatic nitrogens is 1. The predicted octanol–water partition coefficient (Wildman–Crippen LogP) is 2.40. The lowest BCUT2D eigenvalue weighted by Crippen LogP contribution is -2.39. The van der Waals surface area contributed by atoms with Gasteiger partial charge in [0.2, 0.25) is 5.91 Å². The van der Waals surface area contributed by atoms with Gasteiger partial charge in [-0.3, -0.25) is 9.59 Å². The van der Waals surface area contributed by atoms with E-state index in [0.29, 0.717) is 35.2 Å². The Morgan fingerprint density at radius 1 is 1.41 bits per heavy atom. The lowest BCUT2D eigenvalue weighted by atomic mass is 10.1. The third-order valence-electron chi connectivity index (χ3n) is 4.61. The molecule has 1 aromatic heterocycles. The molecular weight excluding hydrogens is 412 g/mol. The van der Waals surface area contributed by atoms with E-state index in [1.807, 2.05) is 17.0 Å². The summed E-state index contributed by atoms with van der Waals surface area (Å²) in [6.07, 6.45) is 1.31. The van der Waals surface area contributed by atoms with E-state index < -0.39 is 5.97 Å². The van der Waals surface area contributed by atoms with Crippen molar-refractivity contribution in [2.24, 2.45) is 0 Å². The summed E-state index contributed by atoms with van der Waals surface area (Å²) in [7, 11) is 1.59. The zero-order chi connectivity index (χ0) is 20.8. The van der Waals surface area contributed by atoms with Crippen molar-refractivity contribution in [1.82, 2.24) is 15.2 Å². The molecule has 1 atom stereocenters. The molecule has 0 spiro atoms. The Bertz CT molecular complexity index is 902. The fourth-order valence-corrected chi connectivity index (χ4v) is 4.93. The molecule has 0 radical (unpaired) electrons. The minimum Gasteiger partial charge on any atom is -0.476 e. The van der Waals surface area contributed by atoms with E-state index in [4.69, 9.17) is 5.11 Å². The minimum absolute atomic E-state index is 0.0517. The van der Waals surface area contributed by atoms with Gasteiger partial charge in [-0.2, -0.15) is 0 Å². The molecule has 29 heavy (non-hydrogen) atoms. The van der Waals surface area contributed by atoms with Crippen molar-refractivity contribution in [2.45, 2.75) is 23.2 Å². The van der Waals surface area contributed by atoms with Crippen LogP contribution in [0.3, 0.4) is 0 Å². The van der Waals surface area contributed by atoms with Crippen molar-refractivity contribution in [2.75, 3.05) is 31.2 Å². The van der Waals surface area contributed by atoms with Gasteiger partial charge in [0.25, 0.3) is 5.91 Å². The highest BCUT2D eigenvalue weighted by Gasteiger charge is 2.30. The van der Waals surface area contributed by atoms with Crippen LogP contribution in [-0.4, -0.2) is 64.7 Å². The summed E-state index contributed by atoms with van der Waals surface area (Å²) in [6.45, 7) is 1.18. The molecule has 154 valence electrons. The second kappa shape index (κ2) is 9.75. The number of thioether (sulfide) groups is 1. The van der Waals surface area contributed by atoms with Gasteiger partial charge in [-0.05, 0) is 24.6 Å². The molecule has 8 nitrogen and oxygen atoms in total. The second-order valence-corrected chi connectivity index (χ2v) is 8.67. The molecule has 3 rings (SSSR count). The molecule has 1 fully saturated rings. The molecule has 1 saturated heterocycles. The van der Waals surface area contributed by atoms with Gasteiger partial charge in [-0.1, -0.05) is 17.8 Å². The van der Waals surface area contributed by atoms with Gasteiger partial charge in [0.1, 0.15) is 0 Å². The Balaban J connectivity index is 1.52. The van der Waals surface area contributed by atoms with Crippen LogP contribution in [0.5, 0.6) is 0 Å². The standard InChI is InChI=1S/C19H22N4O4S2/c1-20-17(25)12-3-2-4-13(9-12)21-10-14-5-6-16(24)23(14)7-8-28-19-22-15(11-29-19)18(26)27/h2-4,9,11,14,21H,5-8,10H2,1H3,(H,20,25)(H,26,27)/t14-/m1/s1. The normalized spacial score (nSPS) is 16.1. The summed E-state index contributed by atoms with van der Waals surface area (Å²) >= 11 is 2.75. The van der Waals surface area contributed by atoms with Crippen LogP contribution < -0.4 is 10.6 Å². The Labute approximate surface area is 176 Å². The molecule has 1 aromatic carbocycles. The van der Waals surface area contributed by atoms with Crippen molar-refractivity contribution >= 4 is 46.6 Å². The fraction of sp³-hybridized carbons (Fsp3) is 0.368. The first kappa shape index (κ1) is 21.1. The SMILES string of the molecule is CNC(=O)c1cccc(NC[C@H]2CCC(=O)N2CCSc2nc(C(=O)O)cs2)c1. The molecule has 3 N–H and O–H groups in total. The number of nitrogens with zero attached hydrogens (tertiary/aromatic N) is 2. The van der Waals surface area contributed by atoms with Gasteiger partial charge in [0, 0.05) is 55.0 Å². The molecule has 1 aliphatic heterocycles. The Morgan fingerprint density at radius 2 is 2.24 bits per heavy atom. The number of benzene rings is 1. The van der Waals surface area contributed by atoms with Gasteiger partial charge < -0.3 is 20.6 Å².